The smallest absolute Gasteiger partial charge is 0.355 e. The van der Waals surface area contributed by atoms with Gasteiger partial charge >= 0.3 is 5.97 Å². The van der Waals surface area contributed by atoms with Gasteiger partial charge in [0.25, 0.3) is 5.91 Å². The molecule has 0 radical (unpaired) electrons. The number of benzene rings is 1. The molecule has 0 bridgehead atoms. The second-order valence-electron chi connectivity index (χ2n) is 3.68. The van der Waals surface area contributed by atoms with Crippen molar-refractivity contribution in [2.75, 3.05) is 11.9 Å². The molecule has 0 aliphatic carbocycles. The zero-order valence-electron chi connectivity index (χ0n) is 9.83. The number of amides is 1. The first-order valence-electron chi connectivity index (χ1n) is 5.21. The normalized spacial score (nSPS) is 10.2. The molecule has 1 amide bonds. The van der Waals surface area contributed by atoms with E-state index in [0.717, 1.165) is 11.3 Å². The van der Waals surface area contributed by atoms with Gasteiger partial charge in [0.15, 0.2) is 10.7 Å². The summed E-state index contributed by atoms with van der Waals surface area (Å²) in [6.45, 7) is 0. The highest BCUT2D eigenvalue weighted by Gasteiger charge is 2.19. The third-order valence-corrected chi connectivity index (χ3v) is 3.26. The van der Waals surface area contributed by atoms with Crippen LogP contribution in [-0.4, -0.2) is 29.0 Å². The van der Waals surface area contributed by atoms with Gasteiger partial charge in [-0.2, -0.15) is 0 Å². The van der Waals surface area contributed by atoms with Crippen molar-refractivity contribution in [2.45, 2.75) is 0 Å². The van der Waals surface area contributed by atoms with Crippen molar-refractivity contribution in [1.29, 1.82) is 0 Å². The first-order chi connectivity index (χ1) is 8.99. The minimum absolute atomic E-state index is 0.0734. The van der Waals surface area contributed by atoms with Gasteiger partial charge in [-0.25, -0.2) is 14.2 Å². The summed E-state index contributed by atoms with van der Waals surface area (Å²) in [5, 5.41) is 10.1. The van der Waals surface area contributed by atoms with E-state index in [4.69, 9.17) is 5.11 Å². The molecule has 0 saturated carbocycles. The summed E-state index contributed by atoms with van der Waals surface area (Å²) < 4.78 is 12.8. The molecule has 0 spiro atoms. The topological polar surface area (TPSA) is 70.5 Å². The molecule has 0 unspecified atom stereocenters. The van der Waals surface area contributed by atoms with E-state index < -0.39 is 17.7 Å². The number of carboxylic acids is 1. The molecular weight excluding hydrogens is 271 g/mol. The highest BCUT2D eigenvalue weighted by atomic mass is 32.1. The Labute approximate surface area is 111 Å². The maximum absolute atomic E-state index is 12.8. The van der Waals surface area contributed by atoms with Crippen molar-refractivity contribution in [3.8, 4) is 0 Å². The Morgan fingerprint density at radius 2 is 1.95 bits per heavy atom. The van der Waals surface area contributed by atoms with E-state index in [1.54, 1.807) is 0 Å². The third-order valence-electron chi connectivity index (χ3n) is 2.42. The number of carbonyl (C=O) groups excluding carboxylic acids is 1. The maximum atomic E-state index is 12.8. The van der Waals surface area contributed by atoms with Crippen molar-refractivity contribution < 1.29 is 19.1 Å². The zero-order chi connectivity index (χ0) is 14.0. The monoisotopic (exact) mass is 280 g/mol. The van der Waals surface area contributed by atoms with Crippen LogP contribution in [0.1, 0.15) is 20.3 Å². The third kappa shape index (κ3) is 2.76. The number of aromatic carboxylic acids is 1. The molecule has 0 saturated heterocycles. The second-order valence-corrected chi connectivity index (χ2v) is 4.54. The van der Waals surface area contributed by atoms with Crippen LogP contribution in [0.15, 0.2) is 29.6 Å². The number of hydrogen-bond acceptors (Lipinski definition) is 4. The van der Waals surface area contributed by atoms with Crippen molar-refractivity contribution in [2.24, 2.45) is 0 Å². The van der Waals surface area contributed by atoms with Crippen LogP contribution in [0.25, 0.3) is 0 Å². The van der Waals surface area contributed by atoms with Gasteiger partial charge in [0.1, 0.15) is 5.82 Å². The number of halogens is 1. The first kappa shape index (κ1) is 13.2. The standard InChI is InChI=1S/C12H9FN2O3S/c1-15(8-4-2-7(13)3-5-8)11(16)10-14-9(6-19-10)12(17)18/h2-6H,1H3,(H,17,18). The highest BCUT2D eigenvalue weighted by molar-refractivity contribution is 7.12. The molecule has 19 heavy (non-hydrogen) atoms. The van der Waals surface area contributed by atoms with E-state index >= 15 is 0 Å². The summed E-state index contributed by atoms with van der Waals surface area (Å²) in [6.07, 6.45) is 0. The van der Waals surface area contributed by atoms with E-state index in [1.165, 1.54) is 41.6 Å². The average Bonchev–Trinajstić information content (AvgIpc) is 2.87. The fraction of sp³-hybridized carbons (Fsp3) is 0.0833. The Hall–Kier alpha value is -2.28. The van der Waals surface area contributed by atoms with Gasteiger partial charge in [0, 0.05) is 18.1 Å². The number of rotatable bonds is 3. The lowest BCUT2D eigenvalue weighted by Crippen LogP contribution is -2.26. The van der Waals surface area contributed by atoms with Crippen LogP contribution in [0.3, 0.4) is 0 Å². The van der Waals surface area contributed by atoms with E-state index in [1.807, 2.05) is 0 Å². The van der Waals surface area contributed by atoms with Crippen LogP contribution >= 0.6 is 11.3 Å². The van der Waals surface area contributed by atoms with Crippen LogP contribution in [0, 0.1) is 5.82 Å². The van der Waals surface area contributed by atoms with Crippen molar-refractivity contribution in [3.05, 3.63) is 46.2 Å². The molecule has 1 aromatic heterocycles. The predicted octanol–water partition coefficient (Wildman–Crippen LogP) is 2.26. The molecule has 7 heteroatoms. The molecule has 1 N–H and O–H groups in total. The molecular formula is C12H9FN2O3S. The van der Waals surface area contributed by atoms with Crippen molar-refractivity contribution >= 4 is 28.9 Å². The molecule has 0 fully saturated rings. The highest BCUT2D eigenvalue weighted by Crippen LogP contribution is 2.18. The molecule has 0 aliphatic rings. The summed E-state index contributed by atoms with van der Waals surface area (Å²) in [5.74, 6) is -2.02. The Bertz CT molecular complexity index is 624. The number of carboxylic acid groups (broad SMARTS) is 1. The average molecular weight is 280 g/mol. The van der Waals surface area contributed by atoms with Gasteiger partial charge in [-0.3, -0.25) is 4.79 Å². The van der Waals surface area contributed by atoms with Gasteiger partial charge in [0.2, 0.25) is 0 Å². The summed E-state index contributed by atoms with van der Waals surface area (Å²) in [6, 6.07) is 5.39. The van der Waals surface area contributed by atoms with E-state index in [0.29, 0.717) is 5.69 Å². The van der Waals surface area contributed by atoms with Gasteiger partial charge in [-0.15, -0.1) is 11.3 Å². The molecule has 0 aliphatic heterocycles. The van der Waals surface area contributed by atoms with Crippen LogP contribution in [0.4, 0.5) is 10.1 Å². The Balaban J connectivity index is 2.22. The second kappa shape index (κ2) is 5.15. The largest absolute Gasteiger partial charge is 0.476 e. The van der Waals surface area contributed by atoms with Crippen LogP contribution < -0.4 is 4.90 Å². The Morgan fingerprint density at radius 3 is 2.47 bits per heavy atom. The zero-order valence-corrected chi connectivity index (χ0v) is 10.6. The van der Waals surface area contributed by atoms with Crippen LogP contribution in [0.5, 0.6) is 0 Å². The summed E-state index contributed by atoms with van der Waals surface area (Å²) >= 11 is 0.955. The molecule has 2 rings (SSSR count). The summed E-state index contributed by atoms with van der Waals surface area (Å²) in [7, 11) is 1.51. The van der Waals surface area contributed by atoms with E-state index in [-0.39, 0.29) is 10.7 Å². The number of aromatic nitrogens is 1. The molecule has 98 valence electrons. The number of thiazole rings is 1. The quantitative estimate of drug-likeness (QED) is 0.936. The number of nitrogens with zero attached hydrogens (tertiary/aromatic N) is 2. The molecule has 0 atom stereocenters. The Morgan fingerprint density at radius 1 is 1.32 bits per heavy atom. The minimum atomic E-state index is -1.18. The fourth-order valence-electron chi connectivity index (χ4n) is 1.40. The lowest BCUT2D eigenvalue weighted by molar-refractivity contribution is 0.0691. The Kier molecular flexibility index (Phi) is 3.57. The molecule has 2 aromatic rings. The van der Waals surface area contributed by atoms with E-state index in [9.17, 15) is 14.0 Å². The summed E-state index contributed by atoms with van der Waals surface area (Å²) in [5.41, 5.74) is 0.333. The van der Waals surface area contributed by atoms with Crippen LogP contribution in [0.2, 0.25) is 0 Å². The lowest BCUT2D eigenvalue weighted by atomic mass is 10.3. The molecule has 1 heterocycles. The molecule has 5 nitrogen and oxygen atoms in total. The van der Waals surface area contributed by atoms with Gasteiger partial charge in [0.05, 0.1) is 0 Å². The van der Waals surface area contributed by atoms with Crippen molar-refractivity contribution in [3.63, 3.8) is 0 Å². The lowest BCUT2D eigenvalue weighted by Gasteiger charge is -2.15. The molecule has 1 aromatic carbocycles. The van der Waals surface area contributed by atoms with Gasteiger partial charge in [-0.1, -0.05) is 0 Å². The number of carbonyl (C=O) groups is 2. The SMILES string of the molecule is CN(C(=O)c1nc(C(=O)O)cs1)c1ccc(F)cc1. The van der Waals surface area contributed by atoms with Crippen molar-refractivity contribution in [1.82, 2.24) is 4.98 Å². The number of anilines is 1. The van der Waals surface area contributed by atoms with Gasteiger partial charge < -0.3 is 10.0 Å². The van der Waals surface area contributed by atoms with E-state index in [2.05, 4.69) is 4.98 Å². The summed E-state index contributed by atoms with van der Waals surface area (Å²) in [4.78, 5) is 27.8. The maximum Gasteiger partial charge on any atom is 0.355 e. The minimum Gasteiger partial charge on any atom is -0.476 e. The van der Waals surface area contributed by atoms with Gasteiger partial charge in [-0.05, 0) is 24.3 Å². The van der Waals surface area contributed by atoms with Crippen LogP contribution in [-0.2, 0) is 0 Å². The predicted molar refractivity (Wildman–Crippen MR) is 68.2 cm³/mol. The number of hydrogen-bond donors (Lipinski definition) is 1. The fourth-order valence-corrected chi connectivity index (χ4v) is 2.16. The first-order valence-corrected chi connectivity index (χ1v) is 6.09.